The molecule has 0 atom stereocenters. The SMILES string of the molecule is C=C[CH]c1ccnc(C(=O)NC)c1.[CH]=C=C=Nc1cccc(C)c1.[HH]. The maximum atomic E-state index is 11.2. The number of benzene rings is 1. The number of carbonyl (C=O) groups excluding carboxylic acids is 1. The number of nitrogens with zero attached hydrogens (tertiary/aromatic N) is 2. The molecule has 1 aromatic heterocycles. The van der Waals surface area contributed by atoms with Crippen molar-refractivity contribution in [2.45, 2.75) is 6.92 Å². The van der Waals surface area contributed by atoms with Gasteiger partial charge in [-0.15, -0.1) is 6.58 Å². The van der Waals surface area contributed by atoms with Crippen molar-refractivity contribution in [2.75, 3.05) is 7.05 Å². The maximum absolute atomic E-state index is 11.2. The van der Waals surface area contributed by atoms with Crippen molar-refractivity contribution < 1.29 is 6.22 Å². The van der Waals surface area contributed by atoms with Crippen molar-refractivity contribution in [1.82, 2.24) is 10.3 Å². The number of amides is 1. The minimum atomic E-state index is -0.181. The number of allylic oxidation sites excluding steroid dienone is 1. The Labute approximate surface area is 144 Å². The topological polar surface area (TPSA) is 54.4 Å². The summed E-state index contributed by atoms with van der Waals surface area (Å²) in [6.07, 6.45) is 5.08. The molecule has 2 aromatic rings. The zero-order valence-electron chi connectivity index (χ0n) is 13.8. The molecule has 0 fully saturated rings. The molecule has 0 unspecified atom stereocenters. The predicted octanol–water partition coefficient (Wildman–Crippen LogP) is 3.87. The lowest BCUT2D eigenvalue weighted by atomic mass is 10.1. The minimum Gasteiger partial charge on any atom is -0.354 e. The second-order valence-corrected chi connectivity index (χ2v) is 4.66. The first kappa shape index (κ1) is 18.9. The number of aromatic nitrogens is 1. The Hall–Kier alpha value is -3.19. The molecule has 0 saturated carbocycles. The quantitative estimate of drug-likeness (QED) is 0.687. The summed E-state index contributed by atoms with van der Waals surface area (Å²) in [6, 6.07) is 11.3. The lowest BCUT2D eigenvalue weighted by Gasteiger charge is -2.00. The van der Waals surface area contributed by atoms with Crippen LogP contribution in [-0.2, 0) is 0 Å². The van der Waals surface area contributed by atoms with E-state index in [9.17, 15) is 4.79 Å². The summed E-state index contributed by atoms with van der Waals surface area (Å²) in [7, 11) is 1.58. The minimum absolute atomic E-state index is 0. The fourth-order valence-electron chi connectivity index (χ4n) is 1.73. The van der Waals surface area contributed by atoms with Gasteiger partial charge in [0.2, 0.25) is 0 Å². The molecule has 2 radical (unpaired) electrons. The summed E-state index contributed by atoms with van der Waals surface area (Å²) in [4.78, 5) is 19.0. The van der Waals surface area contributed by atoms with Gasteiger partial charge in [0.1, 0.15) is 5.69 Å². The van der Waals surface area contributed by atoms with E-state index in [0.717, 1.165) is 11.3 Å². The van der Waals surface area contributed by atoms with Crippen molar-refractivity contribution in [3.8, 4) is 0 Å². The van der Waals surface area contributed by atoms with E-state index >= 15 is 0 Å². The molecule has 4 heteroatoms. The highest BCUT2D eigenvalue weighted by Gasteiger charge is 2.03. The van der Waals surface area contributed by atoms with Crippen LogP contribution in [-0.4, -0.2) is 23.8 Å². The molecular formula is C20H21N3O. The Bertz CT molecular complexity index is 789. The van der Waals surface area contributed by atoms with Crippen LogP contribution >= 0.6 is 0 Å². The first-order valence-electron chi connectivity index (χ1n) is 7.22. The summed E-state index contributed by atoms with van der Waals surface area (Å²) < 4.78 is 0. The molecule has 4 nitrogen and oxygen atoms in total. The lowest BCUT2D eigenvalue weighted by molar-refractivity contribution is 0.0958. The van der Waals surface area contributed by atoms with E-state index in [0.29, 0.717) is 5.69 Å². The smallest absolute Gasteiger partial charge is 0.269 e. The van der Waals surface area contributed by atoms with Crippen LogP contribution in [0.15, 0.2) is 66.0 Å². The zero-order chi connectivity index (χ0) is 17.8. The molecular weight excluding hydrogens is 298 g/mol. The number of pyridine rings is 1. The predicted molar refractivity (Wildman–Crippen MR) is 99.4 cm³/mol. The fraction of sp³-hybridized carbons (Fsp3) is 0.100. The van der Waals surface area contributed by atoms with Gasteiger partial charge in [-0.1, -0.05) is 18.2 Å². The van der Waals surface area contributed by atoms with Gasteiger partial charge in [-0.2, -0.15) is 4.99 Å². The monoisotopic (exact) mass is 319 g/mol. The fourth-order valence-corrected chi connectivity index (χ4v) is 1.73. The van der Waals surface area contributed by atoms with Gasteiger partial charge < -0.3 is 5.32 Å². The third kappa shape index (κ3) is 6.71. The molecule has 0 aliphatic carbocycles. The standard InChI is InChI=1S/C10H11N2O.C10H8N.H2/c1-3-4-8-5-6-12-9(7-8)10(13)11-2;1-3-7-11-10-6-4-5-9(2)8-10;/h3-7H,1H2,2H3,(H,11,13);1,4-6,8H,2H3;1H. The first-order chi connectivity index (χ1) is 11.6. The summed E-state index contributed by atoms with van der Waals surface area (Å²) in [5.41, 5.74) is 5.58. The molecule has 1 N–H and O–H groups in total. The molecule has 24 heavy (non-hydrogen) atoms. The molecule has 0 saturated heterocycles. The average Bonchev–Trinajstić information content (AvgIpc) is 2.60. The van der Waals surface area contributed by atoms with Crippen molar-refractivity contribution >= 4 is 17.5 Å². The summed E-state index contributed by atoms with van der Waals surface area (Å²) in [5, 5.41) is 2.51. The summed E-state index contributed by atoms with van der Waals surface area (Å²) >= 11 is 0. The van der Waals surface area contributed by atoms with Crippen LogP contribution in [0.3, 0.4) is 0 Å². The molecule has 122 valence electrons. The van der Waals surface area contributed by atoms with Crippen LogP contribution in [0.5, 0.6) is 0 Å². The van der Waals surface area contributed by atoms with E-state index in [1.54, 1.807) is 25.4 Å². The van der Waals surface area contributed by atoms with Crippen molar-refractivity contribution in [3.05, 3.63) is 90.8 Å². The number of rotatable bonds is 4. The highest BCUT2D eigenvalue weighted by Crippen LogP contribution is 2.11. The molecule has 1 aromatic carbocycles. The second kappa shape index (κ2) is 10.5. The molecule has 0 aliphatic heterocycles. The van der Waals surface area contributed by atoms with E-state index in [-0.39, 0.29) is 7.33 Å². The Kier molecular flexibility index (Phi) is 8.27. The second-order valence-electron chi connectivity index (χ2n) is 4.66. The lowest BCUT2D eigenvalue weighted by Crippen LogP contribution is -2.19. The van der Waals surface area contributed by atoms with Gasteiger partial charge in [-0.25, -0.2) is 0 Å². The first-order valence-corrected chi connectivity index (χ1v) is 7.22. The van der Waals surface area contributed by atoms with Gasteiger partial charge in [-0.05, 0) is 54.6 Å². The van der Waals surface area contributed by atoms with Crippen LogP contribution in [0.2, 0.25) is 0 Å². The van der Waals surface area contributed by atoms with Gasteiger partial charge in [-0.3, -0.25) is 9.78 Å². The molecule has 2 rings (SSSR count). The largest absolute Gasteiger partial charge is 0.354 e. The number of aliphatic imine (C=N–C) groups is 1. The van der Waals surface area contributed by atoms with Crippen molar-refractivity contribution in [1.29, 1.82) is 0 Å². The number of hydrogen-bond donors (Lipinski definition) is 1. The Morgan fingerprint density at radius 1 is 1.42 bits per heavy atom. The van der Waals surface area contributed by atoms with E-state index < -0.39 is 0 Å². The zero-order valence-corrected chi connectivity index (χ0v) is 13.8. The maximum Gasteiger partial charge on any atom is 0.269 e. The molecule has 1 amide bonds. The van der Waals surface area contributed by atoms with Crippen molar-refractivity contribution in [3.63, 3.8) is 0 Å². The van der Waals surface area contributed by atoms with Crippen LogP contribution in [0.1, 0.15) is 23.0 Å². The average molecular weight is 319 g/mol. The number of carbonyl (C=O) groups is 1. The van der Waals surface area contributed by atoms with Crippen molar-refractivity contribution in [2.24, 2.45) is 4.99 Å². The number of aryl methyl sites for hydroxylation is 1. The third-order valence-corrected chi connectivity index (χ3v) is 2.81. The van der Waals surface area contributed by atoms with Gasteiger partial charge in [0.25, 0.3) is 5.91 Å². The highest BCUT2D eigenvalue weighted by atomic mass is 16.1. The van der Waals surface area contributed by atoms with Crippen LogP contribution in [0.25, 0.3) is 0 Å². The van der Waals surface area contributed by atoms with Gasteiger partial charge >= 0.3 is 0 Å². The van der Waals surface area contributed by atoms with Gasteiger partial charge in [0.15, 0.2) is 0 Å². The molecule has 0 spiro atoms. The molecule has 0 aliphatic rings. The number of nitrogens with one attached hydrogen (secondary N) is 1. The van der Waals surface area contributed by atoms with Crippen LogP contribution in [0, 0.1) is 19.9 Å². The molecule has 0 bridgehead atoms. The Balaban J connectivity index is 0.000000449. The van der Waals surface area contributed by atoms with E-state index in [1.165, 1.54) is 5.56 Å². The Morgan fingerprint density at radius 3 is 2.83 bits per heavy atom. The van der Waals surface area contributed by atoms with Crippen LogP contribution in [0.4, 0.5) is 5.69 Å². The third-order valence-electron chi connectivity index (χ3n) is 2.81. The summed E-state index contributed by atoms with van der Waals surface area (Å²) in [5.74, 6) is 2.26. The van der Waals surface area contributed by atoms with E-state index in [1.807, 2.05) is 43.7 Å². The van der Waals surface area contributed by atoms with Crippen LogP contribution < -0.4 is 5.32 Å². The summed E-state index contributed by atoms with van der Waals surface area (Å²) in [6.45, 7) is 10.5. The van der Waals surface area contributed by atoms with E-state index in [4.69, 9.17) is 6.58 Å². The van der Waals surface area contributed by atoms with E-state index in [2.05, 4.69) is 33.5 Å². The normalized spacial score (nSPS) is 8.75. The number of hydrogen-bond acceptors (Lipinski definition) is 3. The highest BCUT2D eigenvalue weighted by molar-refractivity contribution is 5.92. The van der Waals surface area contributed by atoms with Gasteiger partial charge in [0, 0.05) is 27.0 Å². The molecule has 1 heterocycles. The Morgan fingerprint density at radius 2 is 2.21 bits per heavy atom. The van der Waals surface area contributed by atoms with Gasteiger partial charge in [0.05, 0.1) is 5.69 Å².